The summed E-state index contributed by atoms with van der Waals surface area (Å²) in [6.45, 7) is 7.42. The summed E-state index contributed by atoms with van der Waals surface area (Å²) >= 11 is 0. The van der Waals surface area contributed by atoms with Crippen LogP contribution in [0.2, 0.25) is 0 Å². The molecule has 0 aromatic rings. The maximum atomic E-state index is 12.1. The summed E-state index contributed by atoms with van der Waals surface area (Å²) < 4.78 is 22.5. The molecule has 0 unspecified atom stereocenters. The number of hydrogen-bond acceptors (Lipinski definition) is 3. The van der Waals surface area contributed by atoms with Gasteiger partial charge in [-0.1, -0.05) is 64.7 Å². The zero-order valence-corrected chi connectivity index (χ0v) is 15.3. The van der Waals surface area contributed by atoms with E-state index in [1.165, 1.54) is 57.8 Å². The number of hydrogen-bond donors (Lipinski definition) is 1. The molecular formula is C16H36NO3P. The molecular weight excluding hydrogens is 285 g/mol. The van der Waals surface area contributed by atoms with Crippen molar-refractivity contribution in [3.05, 3.63) is 0 Å². The molecule has 128 valence electrons. The first-order valence-electron chi connectivity index (χ1n) is 8.82. The fourth-order valence-electron chi connectivity index (χ4n) is 2.30. The highest BCUT2D eigenvalue weighted by Gasteiger charge is 2.21. The quantitative estimate of drug-likeness (QED) is 0.293. The van der Waals surface area contributed by atoms with Crippen molar-refractivity contribution in [2.45, 2.75) is 85.0 Å². The second-order valence-electron chi connectivity index (χ2n) is 5.42. The van der Waals surface area contributed by atoms with Gasteiger partial charge in [-0.2, -0.15) is 0 Å². The lowest BCUT2D eigenvalue weighted by Gasteiger charge is -2.17. The van der Waals surface area contributed by atoms with Gasteiger partial charge in [-0.3, -0.25) is 9.05 Å². The Hall–Kier alpha value is 0.110. The average Bonchev–Trinajstić information content (AvgIpc) is 2.45. The van der Waals surface area contributed by atoms with Gasteiger partial charge >= 0.3 is 7.75 Å². The normalized spacial score (nSPS) is 12.0. The summed E-state index contributed by atoms with van der Waals surface area (Å²) in [6, 6.07) is 0. The zero-order chi connectivity index (χ0) is 15.8. The van der Waals surface area contributed by atoms with Crippen LogP contribution in [-0.2, 0) is 13.6 Å². The fourth-order valence-corrected chi connectivity index (χ4v) is 3.67. The molecule has 0 radical (unpaired) electrons. The molecule has 4 nitrogen and oxygen atoms in total. The third kappa shape index (κ3) is 13.5. The van der Waals surface area contributed by atoms with Crippen molar-refractivity contribution in [1.82, 2.24) is 5.09 Å². The number of nitrogens with one attached hydrogen (secondary N) is 1. The molecule has 0 aromatic carbocycles. The summed E-state index contributed by atoms with van der Waals surface area (Å²) in [4.78, 5) is 0. The van der Waals surface area contributed by atoms with Crippen LogP contribution in [0.3, 0.4) is 0 Å². The summed E-state index contributed by atoms with van der Waals surface area (Å²) in [6.07, 6.45) is 13.0. The van der Waals surface area contributed by atoms with E-state index >= 15 is 0 Å². The lowest BCUT2D eigenvalue weighted by atomic mass is 10.1. The van der Waals surface area contributed by atoms with E-state index in [1.807, 2.05) is 13.8 Å². The van der Waals surface area contributed by atoms with Crippen LogP contribution in [0.25, 0.3) is 0 Å². The van der Waals surface area contributed by atoms with Crippen LogP contribution in [0.4, 0.5) is 0 Å². The first-order chi connectivity index (χ1) is 10.2. The smallest absolute Gasteiger partial charge is 0.297 e. The molecule has 0 aliphatic carbocycles. The van der Waals surface area contributed by atoms with Crippen molar-refractivity contribution in [1.29, 1.82) is 0 Å². The summed E-state index contributed by atoms with van der Waals surface area (Å²) in [7, 11) is -3.05. The van der Waals surface area contributed by atoms with Crippen LogP contribution < -0.4 is 5.09 Å². The number of rotatable bonds is 16. The van der Waals surface area contributed by atoms with Crippen molar-refractivity contribution in [3.63, 3.8) is 0 Å². The van der Waals surface area contributed by atoms with Crippen LogP contribution in [0.1, 0.15) is 85.0 Å². The molecule has 0 heterocycles. The lowest BCUT2D eigenvalue weighted by molar-refractivity contribution is 0.210. The van der Waals surface area contributed by atoms with Crippen LogP contribution in [0.15, 0.2) is 0 Å². The minimum absolute atomic E-state index is 0.405. The van der Waals surface area contributed by atoms with Gasteiger partial charge < -0.3 is 0 Å². The van der Waals surface area contributed by atoms with E-state index in [2.05, 4.69) is 12.0 Å². The Bertz CT molecular complexity index is 252. The Balaban J connectivity index is 3.40. The van der Waals surface area contributed by atoms with Crippen LogP contribution >= 0.6 is 7.75 Å². The zero-order valence-electron chi connectivity index (χ0n) is 14.4. The highest BCUT2D eigenvalue weighted by molar-refractivity contribution is 7.51. The van der Waals surface area contributed by atoms with E-state index in [9.17, 15) is 4.57 Å². The fraction of sp³-hybridized carbons (Fsp3) is 1.00. The molecule has 0 rings (SSSR count). The second kappa shape index (κ2) is 15.0. The summed E-state index contributed by atoms with van der Waals surface area (Å²) in [5.74, 6) is 0. The van der Waals surface area contributed by atoms with Gasteiger partial charge in [-0.25, -0.2) is 9.65 Å². The van der Waals surface area contributed by atoms with E-state index in [-0.39, 0.29) is 0 Å². The molecule has 0 aliphatic rings. The molecule has 0 saturated carbocycles. The first kappa shape index (κ1) is 21.1. The van der Waals surface area contributed by atoms with Gasteiger partial charge in [0.25, 0.3) is 0 Å². The molecule has 0 atom stereocenters. The predicted molar refractivity (Wildman–Crippen MR) is 90.7 cm³/mol. The van der Waals surface area contributed by atoms with Crippen molar-refractivity contribution in [2.75, 3.05) is 19.8 Å². The minimum atomic E-state index is -3.05. The van der Waals surface area contributed by atoms with Gasteiger partial charge in [0.1, 0.15) is 0 Å². The molecule has 0 aliphatic heterocycles. The molecule has 1 N–H and O–H groups in total. The van der Waals surface area contributed by atoms with Crippen LogP contribution in [-0.4, -0.2) is 19.8 Å². The molecule has 21 heavy (non-hydrogen) atoms. The van der Waals surface area contributed by atoms with Gasteiger partial charge in [0.2, 0.25) is 0 Å². The monoisotopic (exact) mass is 321 g/mol. The van der Waals surface area contributed by atoms with Crippen LogP contribution in [0, 0.1) is 0 Å². The Morgan fingerprint density at radius 3 is 1.57 bits per heavy atom. The molecule has 0 spiro atoms. The van der Waals surface area contributed by atoms with Gasteiger partial charge in [0.05, 0.1) is 13.2 Å². The van der Waals surface area contributed by atoms with E-state index < -0.39 is 7.75 Å². The van der Waals surface area contributed by atoms with Crippen molar-refractivity contribution in [2.24, 2.45) is 0 Å². The molecule has 0 amide bonds. The van der Waals surface area contributed by atoms with Gasteiger partial charge in [0.15, 0.2) is 0 Å². The Morgan fingerprint density at radius 2 is 1.14 bits per heavy atom. The van der Waals surface area contributed by atoms with E-state index in [0.717, 1.165) is 6.42 Å². The van der Waals surface area contributed by atoms with Crippen molar-refractivity contribution >= 4 is 7.75 Å². The third-order valence-corrected chi connectivity index (χ3v) is 5.24. The van der Waals surface area contributed by atoms with Crippen molar-refractivity contribution < 1.29 is 13.6 Å². The average molecular weight is 321 g/mol. The van der Waals surface area contributed by atoms with E-state index in [4.69, 9.17) is 9.05 Å². The van der Waals surface area contributed by atoms with Gasteiger partial charge in [0, 0.05) is 6.54 Å². The summed E-state index contributed by atoms with van der Waals surface area (Å²) in [5, 5.41) is 2.93. The predicted octanol–water partition coefficient (Wildman–Crippen LogP) is 5.68. The minimum Gasteiger partial charge on any atom is -0.297 e. The largest absolute Gasteiger partial charge is 0.405 e. The highest BCUT2D eigenvalue weighted by atomic mass is 31.2. The summed E-state index contributed by atoms with van der Waals surface area (Å²) in [5.41, 5.74) is 0. The van der Waals surface area contributed by atoms with Crippen molar-refractivity contribution in [3.8, 4) is 0 Å². The van der Waals surface area contributed by atoms with Gasteiger partial charge in [-0.15, -0.1) is 0 Å². The molecule has 0 bridgehead atoms. The molecule has 0 saturated heterocycles. The Morgan fingerprint density at radius 1 is 0.714 bits per heavy atom. The highest BCUT2D eigenvalue weighted by Crippen LogP contribution is 2.43. The lowest BCUT2D eigenvalue weighted by Crippen LogP contribution is -2.16. The van der Waals surface area contributed by atoms with E-state index in [1.54, 1.807) is 0 Å². The third-order valence-electron chi connectivity index (χ3n) is 3.43. The molecule has 5 heteroatoms. The maximum absolute atomic E-state index is 12.1. The molecule has 0 fully saturated rings. The van der Waals surface area contributed by atoms with Crippen LogP contribution in [0.5, 0.6) is 0 Å². The Kier molecular flexibility index (Phi) is 15.1. The SMILES string of the molecule is CCCCCCCCCCCCNP(=O)(OCC)OCC. The van der Waals surface area contributed by atoms with Gasteiger partial charge in [-0.05, 0) is 20.3 Å². The maximum Gasteiger partial charge on any atom is 0.405 e. The standard InChI is InChI=1S/C16H36NO3P/c1-4-7-8-9-10-11-12-13-14-15-16-17-21(18,19-5-2)20-6-3/h4-16H2,1-3H3,(H,17,18). The first-order valence-corrected chi connectivity index (χ1v) is 10.4. The number of unbranched alkanes of at least 4 members (excludes halogenated alkanes) is 9. The Labute approximate surface area is 132 Å². The van der Waals surface area contributed by atoms with E-state index in [0.29, 0.717) is 19.8 Å². The molecule has 0 aromatic heterocycles. The topological polar surface area (TPSA) is 47.6 Å². The second-order valence-corrected chi connectivity index (χ2v) is 7.25.